The van der Waals surface area contributed by atoms with E-state index >= 15 is 0 Å². The average molecular weight is 468 g/mol. The van der Waals surface area contributed by atoms with Gasteiger partial charge in [-0.3, -0.25) is 14.5 Å². The minimum atomic E-state index is -0.316. The van der Waals surface area contributed by atoms with Crippen LogP contribution in [0.1, 0.15) is 19.4 Å². The van der Waals surface area contributed by atoms with Crippen LogP contribution in [-0.2, 0) is 9.59 Å². The molecule has 0 aromatic heterocycles. The lowest BCUT2D eigenvalue weighted by molar-refractivity contribution is -0.136. The highest BCUT2D eigenvalue weighted by Gasteiger charge is 2.61. The van der Waals surface area contributed by atoms with Gasteiger partial charge >= 0.3 is 5.97 Å². The minimum absolute atomic E-state index is 0.0447. The lowest BCUT2D eigenvalue weighted by Crippen LogP contribution is -2.27. The van der Waals surface area contributed by atoms with Crippen LogP contribution in [0.5, 0.6) is 5.75 Å². The van der Waals surface area contributed by atoms with Gasteiger partial charge in [-0.2, -0.15) is 0 Å². The molecule has 0 N–H and O–H groups in total. The molecule has 0 radical (unpaired) electrons. The summed E-state index contributed by atoms with van der Waals surface area (Å²) in [5.41, 5.74) is 0.567. The third kappa shape index (κ3) is 4.77. The van der Waals surface area contributed by atoms with Gasteiger partial charge in [-0.15, -0.1) is 6.58 Å². The summed E-state index contributed by atoms with van der Waals surface area (Å²) in [6, 6.07) is 6.97. The first-order valence-corrected chi connectivity index (χ1v) is 10.8. The number of thiocarbonyl (C=S) groups is 1. The first kappa shape index (κ1) is 22.1. The van der Waals surface area contributed by atoms with Gasteiger partial charge in [0.25, 0.3) is 5.91 Å². The Hall–Kier alpha value is -1.60. The van der Waals surface area contributed by atoms with Crippen molar-refractivity contribution in [2.45, 2.75) is 13.8 Å². The van der Waals surface area contributed by atoms with Crippen LogP contribution >= 0.6 is 47.2 Å². The van der Waals surface area contributed by atoms with Crippen molar-refractivity contribution in [2.75, 3.05) is 6.54 Å². The molecule has 1 aliphatic carbocycles. The molecule has 2 aliphatic rings. The number of ether oxygens (including phenoxy) is 1. The fourth-order valence-corrected chi connectivity index (χ4v) is 4.87. The third-order valence-electron chi connectivity index (χ3n) is 5.05. The number of hydrogen-bond acceptors (Lipinski definition) is 5. The van der Waals surface area contributed by atoms with Crippen molar-refractivity contribution < 1.29 is 14.3 Å². The molecule has 1 heterocycles. The molecule has 1 aromatic rings. The molecule has 152 valence electrons. The maximum atomic E-state index is 12.5. The van der Waals surface area contributed by atoms with Crippen LogP contribution in [0.2, 0.25) is 0 Å². The summed E-state index contributed by atoms with van der Waals surface area (Å²) in [6.07, 6.45) is 5.08. The molecule has 0 spiro atoms. The second-order valence-electron chi connectivity index (χ2n) is 7.35. The molecule has 2 fully saturated rings. The van der Waals surface area contributed by atoms with Gasteiger partial charge in [0.1, 0.15) is 14.6 Å². The van der Waals surface area contributed by atoms with Gasteiger partial charge in [0.2, 0.25) is 0 Å². The van der Waals surface area contributed by atoms with E-state index in [2.05, 4.69) is 6.58 Å². The molecule has 1 saturated heterocycles. The van der Waals surface area contributed by atoms with Gasteiger partial charge < -0.3 is 4.74 Å². The Balaban J connectivity index is 1.66. The number of allylic oxidation sites excluding steroid dienone is 1. The fourth-order valence-electron chi connectivity index (χ4n) is 3.32. The van der Waals surface area contributed by atoms with E-state index in [0.717, 1.165) is 5.56 Å². The normalized spacial score (nSPS) is 23.9. The fraction of sp³-hybridized carbons (Fsp3) is 0.286. The number of halogens is 2. The SMILES string of the molecule is C=CCN1C(=O)/C(=C/c2ccc(OC(=O)[C@H]3[C@@H](C=C(Cl)Cl)C3(C)C)cc2)SC1=S. The molecular formula is C21H19Cl2NO3S2. The van der Waals surface area contributed by atoms with Crippen LogP contribution in [0.4, 0.5) is 0 Å². The lowest BCUT2D eigenvalue weighted by Gasteiger charge is -2.10. The van der Waals surface area contributed by atoms with E-state index in [1.54, 1.807) is 42.5 Å². The first-order valence-electron chi connectivity index (χ1n) is 8.86. The number of hydrogen-bond donors (Lipinski definition) is 0. The van der Waals surface area contributed by atoms with Crippen molar-refractivity contribution in [1.82, 2.24) is 4.90 Å². The Morgan fingerprint density at radius 3 is 2.59 bits per heavy atom. The molecule has 29 heavy (non-hydrogen) atoms. The highest BCUT2D eigenvalue weighted by molar-refractivity contribution is 8.26. The molecule has 1 amide bonds. The van der Waals surface area contributed by atoms with Gasteiger partial charge in [0.05, 0.1) is 10.8 Å². The van der Waals surface area contributed by atoms with E-state index in [1.165, 1.54) is 16.7 Å². The standard InChI is InChI=1S/C21H19Cl2NO3S2/c1-4-9-24-18(25)15(29-20(24)28)10-12-5-7-13(8-6-12)27-19(26)17-14(11-16(22)23)21(17,2)3/h4-8,10-11,14,17H,1,9H2,2-3H3/b15-10-/t14-,17-/m1/s1. The van der Waals surface area contributed by atoms with Crippen molar-refractivity contribution in [2.24, 2.45) is 17.3 Å². The van der Waals surface area contributed by atoms with Crippen LogP contribution in [-0.4, -0.2) is 27.6 Å². The Morgan fingerprint density at radius 1 is 1.34 bits per heavy atom. The molecule has 2 atom stereocenters. The number of rotatable bonds is 6. The largest absolute Gasteiger partial charge is 0.426 e. The molecule has 0 bridgehead atoms. The second-order valence-corrected chi connectivity index (χ2v) is 10.0. The van der Waals surface area contributed by atoms with E-state index in [9.17, 15) is 9.59 Å². The molecule has 1 aromatic carbocycles. The van der Waals surface area contributed by atoms with Crippen LogP contribution < -0.4 is 4.74 Å². The van der Waals surface area contributed by atoms with Crippen LogP contribution in [0, 0.1) is 17.3 Å². The second kappa shape index (κ2) is 8.64. The number of carbonyl (C=O) groups is 2. The monoisotopic (exact) mass is 467 g/mol. The van der Waals surface area contributed by atoms with E-state index in [1.807, 2.05) is 13.8 Å². The highest BCUT2D eigenvalue weighted by Crippen LogP contribution is 2.60. The van der Waals surface area contributed by atoms with Gasteiger partial charge in [-0.1, -0.05) is 79.2 Å². The van der Waals surface area contributed by atoms with E-state index in [4.69, 9.17) is 40.2 Å². The lowest BCUT2D eigenvalue weighted by atomic mass is 10.1. The molecule has 1 saturated carbocycles. The third-order valence-corrected chi connectivity index (χ3v) is 6.68. The summed E-state index contributed by atoms with van der Waals surface area (Å²) in [6.45, 7) is 7.98. The Bertz CT molecular complexity index is 934. The topological polar surface area (TPSA) is 46.6 Å². The predicted molar refractivity (Wildman–Crippen MR) is 123 cm³/mol. The zero-order valence-corrected chi connectivity index (χ0v) is 19.0. The minimum Gasteiger partial charge on any atom is -0.426 e. The van der Waals surface area contributed by atoms with Gasteiger partial charge in [0.15, 0.2) is 0 Å². The summed E-state index contributed by atoms with van der Waals surface area (Å²) in [7, 11) is 0. The quantitative estimate of drug-likeness (QED) is 0.180. The van der Waals surface area contributed by atoms with Gasteiger partial charge in [0, 0.05) is 6.54 Å². The summed E-state index contributed by atoms with van der Waals surface area (Å²) in [5, 5.41) is 0. The number of nitrogens with zero attached hydrogens (tertiary/aromatic N) is 1. The Kier molecular flexibility index (Phi) is 6.58. The number of benzene rings is 1. The maximum Gasteiger partial charge on any atom is 0.315 e. The Morgan fingerprint density at radius 2 is 2.00 bits per heavy atom. The Labute approximate surface area is 189 Å². The van der Waals surface area contributed by atoms with Crippen molar-refractivity contribution in [1.29, 1.82) is 0 Å². The summed E-state index contributed by atoms with van der Waals surface area (Å²) in [5.74, 6) is -0.348. The number of amides is 1. The van der Waals surface area contributed by atoms with E-state index in [-0.39, 0.29) is 33.6 Å². The molecule has 4 nitrogen and oxygen atoms in total. The van der Waals surface area contributed by atoms with Crippen LogP contribution in [0.25, 0.3) is 6.08 Å². The zero-order chi connectivity index (χ0) is 21.3. The first-order chi connectivity index (χ1) is 13.6. The predicted octanol–water partition coefficient (Wildman–Crippen LogP) is 5.57. The van der Waals surface area contributed by atoms with Crippen molar-refractivity contribution in [3.8, 4) is 5.75 Å². The maximum absolute atomic E-state index is 12.5. The summed E-state index contributed by atoms with van der Waals surface area (Å²) >= 11 is 17.9. The highest BCUT2D eigenvalue weighted by atomic mass is 35.5. The number of esters is 1. The van der Waals surface area contributed by atoms with Gasteiger partial charge in [-0.25, -0.2) is 0 Å². The van der Waals surface area contributed by atoms with Crippen LogP contribution in [0.15, 0.2) is 52.4 Å². The molecule has 1 aliphatic heterocycles. The van der Waals surface area contributed by atoms with Crippen LogP contribution in [0.3, 0.4) is 0 Å². The van der Waals surface area contributed by atoms with Crippen molar-refractivity contribution >= 4 is 69.5 Å². The number of thioether (sulfide) groups is 1. The summed E-state index contributed by atoms with van der Waals surface area (Å²) in [4.78, 5) is 26.9. The molecule has 3 rings (SSSR count). The van der Waals surface area contributed by atoms with Crippen molar-refractivity contribution in [3.63, 3.8) is 0 Å². The zero-order valence-electron chi connectivity index (χ0n) is 15.9. The molecule has 0 unspecified atom stereocenters. The smallest absolute Gasteiger partial charge is 0.315 e. The van der Waals surface area contributed by atoms with Crippen molar-refractivity contribution in [3.05, 3.63) is 58.0 Å². The molecular weight excluding hydrogens is 449 g/mol. The average Bonchev–Trinajstić information content (AvgIpc) is 3.07. The van der Waals surface area contributed by atoms with E-state index < -0.39 is 0 Å². The molecule has 8 heteroatoms. The van der Waals surface area contributed by atoms with Gasteiger partial charge in [-0.05, 0) is 41.2 Å². The number of carbonyl (C=O) groups excluding carboxylic acids is 2. The van der Waals surface area contributed by atoms with E-state index in [0.29, 0.717) is 21.5 Å². The summed E-state index contributed by atoms with van der Waals surface area (Å²) < 4.78 is 6.18.